The van der Waals surface area contributed by atoms with Crippen LogP contribution in [0.1, 0.15) is 38.6 Å². The predicted molar refractivity (Wildman–Crippen MR) is 71.6 cm³/mol. The van der Waals surface area contributed by atoms with Gasteiger partial charge < -0.3 is 9.47 Å². The number of carbonyl (C=O) groups excluding carboxylic acids is 1. The van der Waals surface area contributed by atoms with E-state index in [1.165, 1.54) is 12.8 Å². The van der Waals surface area contributed by atoms with Crippen molar-refractivity contribution in [3.8, 4) is 0 Å². The van der Waals surface area contributed by atoms with Crippen molar-refractivity contribution in [2.24, 2.45) is 0 Å². The van der Waals surface area contributed by atoms with Gasteiger partial charge >= 0.3 is 0 Å². The van der Waals surface area contributed by atoms with Gasteiger partial charge in [0.05, 0.1) is 5.25 Å². The molecule has 1 amide bonds. The topological polar surface area (TPSA) is 38.1 Å². The van der Waals surface area contributed by atoms with Gasteiger partial charge in [0.2, 0.25) is 5.91 Å². The molecule has 2 fully saturated rings. The van der Waals surface area contributed by atoms with Crippen LogP contribution in [0.5, 0.6) is 0 Å². The largest absolute Gasteiger partial charge is 0.342 e. The van der Waals surface area contributed by atoms with E-state index in [4.69, 9.17) is 0 Å². The molecule has 1 aliphatic heterocycles. The number of imidazole rings is 1. The lowest BCUT2D eigenvalue weighted by atomic mass is 10.4. The monoisotopic (exact) mass is 265 g/mol. The Morgan fingerprint density at radius 3 is 2.83 bits per heavy atom. The number of amides is 1. The van der Waals surface area contributed by atoms with Gasteiger partial charge in [-0.1, -0.05) is 11.8 Å². The van der Waals surface area contributed by atoms with Crippen LogP contribution in [0.4, 0.5) is 0 Å². The minimum absolute atomic E-state index is 0.0250. The lowest BCUT2D eigenvalue weighted by Crippen LogP contribution is -2.34. The summed E-state index contributed by atoms with van der Waals surface area (Å²) in [6, 6.07) is 0.629. The molecule has 1 saturated heterocycles. The number of aromatic nitrogens is 2. The fraction of sp³-hybridized carbons (Fsp3) is 0.692. The molecule has 0 aromatic carbocycles. The molecule has 1 saturated carbocycles. The van der Waals surface area contributed by atoms with E-state index in [0.717, 1.165) is 31.1 Å². The molecule has 1 aliphatic carbocycles. The molecule has 0 radical (unpaired) electrons. The van der Waals surface area contributed by atoms with Crippen molar-refractivity contribution < 1.29 is 4.79 Å². The van der Waals surface area contributed by atoms with E-state index in [1.807, 2.05) is 24.2 Å². The number of nitrogens with zero attached hydrogens (tertiary/aromatic N) is 3. The summed E-state index contributed by atoms with van der Waals surface area (Å²) >= 11 is 1.60. The number of likely N-dealkylation sites (tertiary alicyclic amines) is 1. The molecule has 98 valence electrons. The highest BCUT2D eigenvalue weighted by Gasteiger charge is 2.29. The Hall–Kier alpha value is -0.970. The highest BCUT2D eigenvalue weighted by Crippen LogP contribution is 2.38. The van der Waals surface area contributed by atoms with Gasteiger partial charge in [-0.3, -0.25) is 4.79 Å². The van der Waals surface area contributed by atoms with Crippen molar-refractivity contribution >= 4 is 17.7 Å². The van der Waals surface area contributed by atoms with Gasteiger partial charge in [0.25, 0.3) is 0 Å². The second-order valence-electron chi connectivity index (χ2n) is 5.14. The minimum Gasteiger partial charge on any atom is -0.342 e. The number of rotatable bonds is 4. The van der Waals surface area contributed by atoms with E-state index in [2.05, 4.69) is 9.55 Å². The van der Waals surface area contributed by atoms with Gasteiger partial charge in [-0.2, -0.15) is 0 Å². The average Bonchev–Trinajstić information content (AvgIpc) is 2.91. The van der Waals surface area contributed by atoms with Crippen LogP contribution >= 0.6 is 11.8 Å². The lowest BCUT2D eigenvalue weighted by molar-refractivity contribution is -0.129. The first-order chi connectivity index (χ1) is 8.75. The molecule has 1 unspecified atom stereocenters. The van der Waals surface area contributed by atoms with Gasteiger partial charge in [-0.25, -0.2) is 4.98 Å². The van der Waals surface area contributed by atoms with Gasteiger partial charge in [0.15, 0.2) is 5.16 Å². The molecule has 5 heteroatoms. The Balaban J connectivity index is 1.64. The number of hydrogen-bond acceptors (Lipinski definition) is 3. The van der Waals surface area contributed by atoms with Crippen LogP contribution in [0.2, 0.25) is 0 Å². The molecule has 1 aromatic rings. The molecule has 1 aromatic heterocycles. The molecule has 1 atom stereocenters. The molecule has 2 heterocycles. The second-order valence-corrected chi connectivity index (χ2v) is 6.45. The van der Waals surface area contributed by atoms with E-state index < -0.39 is 0 Å². The molecular weight excluding hydrogens is 246 g/mol. The van der Waals surface area contributed by atoms with Gasteiger partial charge in [0.1, 0.15) is 0 Å². The zero-order valence-electron chi connectivity index (χ0n) is 10.7. The summed E-state index contributed by atoms with van der Waals surface area (Å²) in [5.41, 5.74) is 0. The Kier molecular flexibility index (Phi) is 3.33. The molecule has 0 bridgehead atoms. The van der Waals surface area contributed by atoms with E-state index in [9.17, 15) is 4.79 Å². The number of carbonyl (C=O) groups is 1. The van der Waals surface area contributed by atoms with Crippen molar-refractivity contribution in [2.45, 2.75) is 49.1 Å². The first kappa shape index (κ1) is 12.1. The fourth-order valence-corrected chi connectivity index (χ4v) is 3.44. The fourth-order valence-electron chi connectivity index (χ4n) is 2.42. The van der Waals surface area contributed by atoms with E-state index in [-0.39, 0.29) is 11.2 Å². The third kappa shape index (κ3) is 2.41. The van der Waals surface area contributed by atoms with Gasteiger partial charge in [-0.05, 0) is 32.6 Å². The Morgan fingerprint density at radius 1 is 1.44 bits per heavy atom. The van der Waals surface area contributed by atoms with Crippen LogP contribution in [-0.4, -0.2) is 38.7 Å². The van der Waals surface area contributed by atoms with E-state index in [0.29, 0.717) is 6.04 Å². The standard InChI is InChI=1S/C13H19N3OS/c1-10(12(17)15-7-2-3-8-15)18-13-14-6-9-16(13)11-4-5-11/h6,9-11H,2-5,7-8H2,1H3. The molecule has 0 N–H and O–H groups in total. The lowest BCUT2D eigenvalue weighted by Gasteiger charge is -2.19. The van der Waals surface area contributed by atoms with Crippen LogP contribution in [0.3, 0.4) is 0 Å². The van der Waals surface area contributed by atoms with Gasteiger partial charge in [0, 0.05) is 31.5 Å². The third-order valence-electron chi connectivity index (χ3n) is 3.62. The number of thioether (sulfide) groups is 1. The van der Waals surface area contributed by atoms with Gasteiger partial charge in [-0.15, -0.1) is 0 Å². The smallest absolute Gasteiger partial charge is 0.235 e. The molecule has 0 spiro atoms. The summed E-state index contributed by atoms with van der Waals surface area (Å²) in [6.07, 6.45) is 8.68. The number of hydrogen-bond donors (Lipinski definition) is 0. The Morgan fingerprint density at radius 2 is 2.17 bits per heavy atom. The Bertz CT molecular complexity index is 435. The van der Waals surface area contributed by atoms with Crippen molar-refractivity contribution in [3.05, 3.63) is 12.4 Å². The van der Waals surface area contributed by atoms with Crippen LogP contribution < -0.4 is 0 Å². The summed E-state index contributed by atoms with van der Waals surface area (Å²) in [6.45, 7) is 3.86. The maximum absolute atomic E-state index is 12.2. The van der Waals surface area contributed by atoms with E-state index >= 15 is 0 Å². The highest BCUT2D eigenvalue weighted by atomic mass is 32.2. The quantitative estimate of drug-likeness (QED) is 0.784. The molecule has 3 rings (SSSR count). The minimum atomic E-state index is -0.0250. The summed E-state index contributed by atoms with van der Waals surface area (Å²) in [5, 5.41) is 0.973. The maximum atomic E-state index is 12.2. The van der Waals surface area contributed by atoms with Crippen LogP contribution in [0, 0.1) is 0 Å². The zero-order valence-corrected chi connectivity index (χ0v) is 11.5. The van der Waals surface area contributed by atoms with Crippen molar-refractivity contribution in [1.29, 1.82) is 0 Å². The molecule has 18 heavy (non-hydrogen) atoms. The third-order valence-corrected chi connectivity index (χ3v) is 4.70. The molecular formula is C13H19N3OS. The van der Waals surface area contributed by atoms with E-state index in [1.54, 1.807) is 11.8 Å². The Labute approximate surface area is 112 Å². The van der Waals surface area contributed by atoms with Crippen LogP contribution in [-0.2, 0) is 4.79 Å². The average molecular weight is 265 g/mol. The summed E-state index contributed by atoms with van der Waals surface area (Å²) < 4.78 is 2.22. The second kappa shape index (κ2) is 4.96. The van der Waals surface area contributed by atoms with Crippen molar-refractivity contribution in [3.63, 3.8) is 0 Å². The SMILES string of the molecule is CC(Sc1nccn1C1CC1)C(=O)N1CCCC1. The normalized spacial score (nSPS) is 21.3. The summed E-state index contributed by atoms with van der Waals surface area (Å²) in [7, 11) is 0. The highest BCUT2D eigenvalue weighted by molar-refractivity contribution is 8.00. The molecule has 4 nitrogen and oxygen atoms in total. The maximum Gasteiger partial charge on any atom is 0.235 e. The van der Waals surface area contributed by atoms with Crippen LogP contribution in [0.15, 0.2) is 17.6 Å². The molecule has 2 aliphatic rings. The first-order valence-electron chi connectivity index (χ1n) is 6.74. The van der Waals surface area contributed by atoms with Crippen molar-refractivity contribution in [2.75, 3.05) is 13.1 Å². The first-order valence-corrected chi connectivity index (χ1v) is 7.62. The zero-order chi connectivity index (χ0) is 12.5. The summed E-state index contributed by atoms with van der Waals surface area (Å²) in [5.74, 6) is 0.267. The van der Waals surface area contributed by atoms with Crippen molar-refractivity contribution in [1.82, 2.24) is 14.5 Å². The predicted octanol–water partition coefficient (Wildman–Crippen LogP) is 2.32. The summed E-state index contributed by atoms with van der Waals surface area (Å²) in [4.78, 5) is 18.6. The van der Waals surface area contributed by atoms with Crippen LogP contribution in [0.25, 0.3) is 0 Å².